The van der Waals surface area contributed by atoms with Crippen LogP contribution < -0.4 is 10.5 Å². The fourth-order valence-electron chi connectivity index (χ4n) is 1.48. The van der Waals surface area contributed by atoms with Gasteiger partial charge in [-0.25, -0.2) is 0 Å². The maximum absolute atomic E-state index is 11.8. The van der Waals surface area contributed by atoms with Crippen LogP contribution in [0.1, 0.15) is 19.4 Å². The number of nitro groups is 1. The van der Waals surface area contributed by atoms with Crippen LogP contribution in [0.15, 0.2) is 18.2 Å². The second kappa shape index (κ2) is 6.85. The van der Waals surface area contributed by atoms with Crippen molar-refractivity contribution in [1.82, 2.24) is 4.90 Å². The van der Waals surface area contributed by atoms with E-state index in [9.17, 15) is 14.9 Å². The zero-order chi connectivity index (χ0) is 15.3. The minimum Gasteiger partial charge on any atom is -0.477 e. The van der Waals surface area contributed by atoms with Gasteiger partial charge in [-0.3, -0.25) is 14.9 Å². The summed E-state index contributed by atoms with van der Waals surface area (Å²) in [5, 5.41) is 10.9. The van der Waals surface area contributed by atoms with Crippen LogP contribution in [0.3, 0.4) is 0 Å². The second-order valence-corrected chi connectivity index (χ2v) is 4.65. The van der Waals surface area contributed by atoms with Gasteiger partial charge in [0.25, 0.3) is 5.91 Å². The molecule has 7 nitrogen and oxygen atoms in total. The van der Waals surface area contributed by atoms with E-state index in [1.54, 1.807) is 13.1 Å². The van der Waals surface area contributed by atoms with Gasteiger partial charge in [-0.1, -0.05) is 6.07 Å². The van der Waals surface area contributed by atoms with Gasteiger partial charge in [0.2, 0.25) is 0 Å². The summed E-state index contributed by atoms with van der Waals surface area (Å²) in [5.41, 5.74) is 6.01. The third kappa shape index (κ3) is 3.92. The Morgan fingerprint density at radius 2 is 2.15 bits per heavy atom. The molecule has 0 aliphatic rings. The number of amides is 1. The Balaban J connectivity index is 2.85. The van der Waals surface area contributed by atoms with Crippen molar-refractivity contribution in [3.05, 3.63) is 33.9 Å². The molecular weight excluding hydrogens is 262 g/mol. The van der Waals surface area contributed by atoms with Gasteiger partial charge in [-0.15, -0.1) is 0 Å². The first-order valence-corrected chi connectivity index (χ1v) is 6.22. The van der Waals surface area contributed by atoms with Crippen LogP contribution in [0, 0.1) is 10.1 Å². The normalized spacial score (nSPS) is 10.4. The first-order valence-electron chi connectivity index (χ1n) is 6.22. The molecule has 0 saturated heterocycles. The molecule has 0 radical (unpaired) electrons. The van der Waals surface area contributed by atoms with Gasteiger partial charge >= 0.3 is 5.69 Å². The average Bonchev–Trinajstić information content (AvgIpc) is 2.42. The Morgan fingerprint density at radius 1 is 1.50 bits per heavy atom. The predicted octanol–water partition coefficient (Wildman–Crippen LogP) is 1.30. The molecular formula is C13H19N3O4. The highest BCUT2D eigenvalue weighted by molar-refractivity contribution is 5.77. The molecule has 0 saturated carbocycles. The van der Waals surface area contributed by atoms with Crippen molar-refractivity contribution in [3.63, 3.8) is 0 Å². The maximum atomic E-state index is 11.8. The van der Waals surface area contributed by atoms with E-state index >= 15 is 0 Å². The number of ether oxygens (including phenoxy) is 1. The van der Waals surface area contributed by atoms with Gasteiger partial charge in [0.1, 0.15) is 0 Å². The van der Waals surface area contributed by atoms with Gasteiger partial charge in [-0.2, -0.15) is 0 Å². The monoisotopic (exact) mass is 281 g/mol. The van der Waals surface area contributed by atoms with Crippen LogP contribution >= 0.6 is 0 Å². The Labute approximate surface area is 117 Å². The van der Waals surface area contributed by atoms with E-state index in [4.69, 9.17) is 10.5 Å². The van der Waals surface area contributed by atoms with Gasteiger partial charge in [-0.05, 0) is 25.5 Å². The lowest BCUT2D eigenvalue weighted by molar-refractivity contribution is -0.385. The Hall–Kier alpha value is -2.15. The highest BCUT2D eigenvalue weighted by Gasteiger charge is 2.18. The minimum absolute atomic E-state index is 0.0384. The van der Waals surface area contributed by atoms with Crippen LogP contribution in [0.2, 0.25) is 0 Å². The van der Waals surface area contributed by atoms with E-state index in [2.05, 4.69) is 0 Å². The van der Waals surface area contributed by atoms with Crippen LogP contribution in [0.5, 0.6) is 5.75 Å². The molecule has 20 heavy (non-hydrogen) atoms. The van der Waals surface area contributed by atoms with Crippen molar-refractivity contribution in [2.24, 2.45) is 5.73 Å². The van der Waals surface area contributed by atoms with Crippen molar-refractivity contribution in [2.75, 3.05) is 13.7 Å². The Morgan fingerprint density at radius 3 is 2.65 bits per heavy atom. The Kier molecular flexibility index (Phi) is 5.45. The number of likely N-dealkylation sites (N-methyl/N-ethyl adjacent to an activating group) is 1. The molecule has 0 aliphatic carbocycles. The van der Waals surface area contributed by atoms with E-state index in [0.717, 1.165) is 0 Å². The second-order valence-electron chi connectivity index (χ2n) is 4.65. The summed E-state index contributed by atoms with van der Waals surface area (Å²) >= 11 is 0. The third-order valence-electron chi connectivity index (χ3n) is 2.98. The van der Waals surface area contributed by atoms with Crippen LogP contribution in [-0.4, -0.2) is 35.4 Å². The molecule has 0 spiro atoms. The smallest absolute Gasteiger partial charge is 0.310 e. The SMILES string of the molecule is CC(C)N(C)C(=O)COc1cc(CN)ccc1[N+](=O)[O-]. The number of nitrogens with two attached hydrogens (primary N) is 1. The van der Waals surface area contributed by atoms with Crippen LogP contribution in [-0.2, 0) is 11.3 Å². The summed E-state index contributed by atoms with van der Waals surface area (Å²) in [6.45, 7) is 3.74. The van der Waals surface area contributed by atoms with E-state index in [-0.39, 0.29) is 36.5 Å². The molecule has 1 aromatic carbocycles. The van der Waals surface area contributed by atoms with Gasteiger partial charge < -0.3 is 15.4 Å². The molecule has 110 valence electrons. The molecule has 0 fully saturated rings. The lowest BCUT2D eigenvalue weighted by Gasteiger charge is -2.21. The van der Waals surface area contributed by atoms with Crippen LogP contribution in [0.25, 0.3) is 0 Å². The van der Waals surface area contributed by atoms with E-state index in [0.29, 0.717) is 5.56 Å². The quantitative estimate of drug-likeness (QED) is 0.626. The number of benzene rings is 1. The Bertz CT molecular complexity index is 502. The predicted molar refractivity (Wildman–Crippen MR) is 74.4 cm³/mol. The molecule has 2 N–H and O–H groups in total. The molecule has 1 aromatic rings. The summed E-state index contributed by atoms with van der Waals surface area (Å²) < 4.78 is 5.29. The topological polar surface area (TPSA) is 98.7 Å². The number of carbonyl (C=O) groups excluding carboxylic acids is 1. The number of carbonyl (C=O) groups is 1. The molecule has 0 atom stereocenters. The number of nitro benzene ring substituents is 1. The molecule has 1 rings (SSSR count). The molecule has 1 amide bonds. The fourth-order valence-corrected chi connectivity index (χ4v) is 1.48. The largest absolute Gasteiger partial charge is 0.477 e. The first kappa shape index (κ1) is 15.9. The highest BCUT2D eigenvalue weighted by atomic mass is 16.6. The highest BCUT2D eigenvalue weighted by Crippen LogP contribution is 2.27. The summed E-state index contributed by atoms with van der Waals surface area (Å²) in [7, 11) is 1.65. The molecule has 0 aromatic heterocycles. The lowest BCUT2D eigenvalue weighted by atomic mass is 10.2. The average molecular weight is 281 g/mol. The fraction of sp³-hybridized carbons (Fsp3) is 0.462. The zero-order valence-electron chi connectivity index (χ0n) is 11.8. The third-order valence-corrected chi connectivity index (χ3v) is 2.98. The molecule has 0 heterocycles. The first-order chi connectivity index (χ1) is 9.36. The summed E-state index contributed by atoms with van der Waals surface area (Å²) in [6, 6.07) is 4.42. The number of hydrogen-bond acceptors (Lipinski definition) is 5. The van der Waals surface area contributed by atoms with Crippen molar-refractivity contribution < 1.29 is 14.5 Å². The van der Waals surface area contributed by atoms with Gasteiger partial charge in [0.05, 0.1) is 4.92 Å². The number of nitrogens with zero attached hydrogens (tertiary/aromatic N) is 2. The molecule has 7 heteroatoms. The van der Waals surface area contributed by atoms with Crippen LogP contribution in [0.4, 0.5) is 5.69 Å². The standard InChI is InChI=1S/C13H19N3O4/c1-9(2)15(3)13(17)8-20-12-6-10(7-14)4-5-11(12)16(18)19/h4-6,9H,7-8,14H2,1-3H3. The summed E-state index contributed by atoms with van der Waals surface area (Å²) in [6.07, 6.45) is 0. The number of rotatable bonds is 6. The molecule has 0 bridgehead atoms. The van der Waals surface area contributed by atoms with Crippen molar-refractivity contribution in [2.45, 2.75) is 26.4 Å². The molecule has 0 unspecified atom stereocenters. The van der Waals surface area contributed by atoms with E-state index in [1.165, 1.54) is 17.0 Å². The van der Waals surface area contributed by atoms with Crippen molar-refractivity contribution in [1.29, 1.82) is 0 Å². The number of hydrogen-bond donors (Lipinski definition) is 1. The van der Waals surface area contributed by atoms with Crippen molar-refractivity contribution >= 4 is 11.6 Å². The molecule has 0 aliphatic heterocycles. The zero-order valence-corrected chi connectivity index (χ0v) is 11.8. The van der Waals surface area contributed by atoms with E-state index in [1.807, 2.05) is 13.8 Å². The maximum Gasteiger partial charge on any atom is 0.310 e. The van der Waals surface area contributed by atoms with Gasteiger partial charge in [0.15, 0.2) is 12.4 Å². The lowest BCUT2D eigenvalue weighted by Crippen LogP contribution is -2.36. The van der Waals surface area contributed by atoms with E-state index < -0.39 is 4.92 Å². The summed E-state index contributed by atoms with van der Waals surface area (Å²) in [4.78, 5) is 23.7. The minimum atomic E-state index is -0.549. The summed E-state index contributed by atoms with van der Waals surface area (Å²) in [5.74, 6) is -0.184. The van der Waals surface area contributed by atoms with Crippen molar-refractivity contribution in [3.8, 4) is 5.75 Å². The van der Waals surface area contributed by atoms with Gasteiger partial charge in [0, 0.05) is 25.7 Å².